The molecule has 0 aliphatic carbocycles. The summed E-state index contributed by atoms with van der Waals surface area (Å²) >= 11 is 11.7. The van der Waals surface area contributed by atoms with Crippen molar-refractivity contribution in [3.05, 3.63) is 52.5 Å². The average Bonchev–Trinajstić information content (AvgIpc) is 2.45. The van der Waals surface area contributed by atoms with Crippen molar-refractivity contribution in [3.8, 4) is 5.75 Å². The second-order valence-electron chi connectivity index (χ2n) is 4.43. The molecule has 0 aliphatic heterocycles. The lowest BCUT2D eigenvalue weighted by Crippen LogP contribution is -2.30. The molecule has 1 atom stereocenters. The summed E-state index contributed by atoms with van der Waals surface area (Å²) in [5.41, 5.74) is 6.67. The monoisotopic (exact) mass is 324 g/mol. The van der Waals surface area contributed by atoms with E-state index in [1.165, 1.54) is 0 Å². The van der Waals surface area contributed by atoms with E-state index >= 15 is 0 Å². The number of benzene rings is 2. The number of anilines is 2. The predicted molar refractivity (Wildman–Crippen MR) is 86.0 cm³/mol. The lowest BCUT2D eigenvalue weighted by Gasteiger charge is -2.15. The zero-order chi connectivity index (χ0) is 15.4. The van der Waals surface area contributed by atoms with Gasteiger partial charge in [0, 0.05) is 10.0 Å². The van der Waals surface area contributed by atoms with Crippen LogP contribution >= 0.6 is 23.2 Å². The minimum atomic E-state index is -0.690. The maximum Gasteiger partial charge on any atom is 0.265 e. The number of carbonyl (C=O) groups is 1. The van der Waals surface area contributed by atoms with Crippen molar-refractivity contribution in [2.24, 2.45) is 0 Å². The van der Waals surface area contributed by atoms with Crippen molar-refractivity contribution < 1.29 is 9.53 Å². The van der Waals surface area contributed by atoms with Crippen molar-refractivity contribution in [1.82, 2.24) is 0 Å². The third-order valence-electron chi connectivity index (χ3n) is 2.77. The maximum absolute atomic E-state index is 12.1. The van der Waals surface area contributed by atoms with Gasteiger partial charge in [0.25, 0.3) is 5.91 Å². The number of hydrogen-bond donors (Lipinski definition) is 2. The van der Waals surface area contributed by atoms with Crippen molar-refractivity contribution in [2.45, 2.75) is 13.0 Å². The molecule has 2 rings (SSSR count). The molecule has 1 unspecified atom stereocenters. The summed E-state index contributed by atoms with van der Waals surface area (Å²) in [6.07, 6.45) is -0.690. The number of carbonyl (C=O) groups excluding carboxylic acids is 1. The van der Waals surface area contributed by atoms with Crippen LogP contribution < -0.4 is 15.8 Å². The molecule has 0 heterocycles. The van der Waals surface area contributed by atoms with E-state index in [1.54, 1.807) is 49.4 Å². The summed E-state index contributed by atoms with van der Waals surface area (Å²) in [5.74, 6) is 0.236. The van der Waals surface area contributed by atoms with Crippen LogP contribution in [0.25, 0.3) is 0 Å². The number of hydrogen-bond acceptors (Lipinski definition) is 3. The van der Waals surface area contributed by atoms with Crippen LogP contribution in [0.1, 0.15) is 6.92 Å². The smallest absolute Gasteiger partial charge is 0.265 e. The second kappa shape index (κ2) is 6.70. The number of amides is 1. The summed E-state index contributed by atoms with van der Waals surface area (Å²) in [5, 5.41) is 3.78. The van der Waals surface area contributed by atoms with Crippen molar-refractivity contribution >= 4 is 40.5 Å². The molecule has 1 amide bonds. The lowest BCUT2D eigenvalue weighted by atomic mass is 10.2. The highest BCUT2D eigenvalue weighted by Gasteiger charge is 2.16. The number of nitrogens with one attached hydrogen (secondary N) is 1. The largest absolute Gasteiger partial charge is 0.481 e. The number of nitrogen functional groups attached to an aromatic ring is 1. The number of rotatable bonds is 4. The first-order valence-electron chi connectivity index (χ1n) is 6.24. The van der Waals surface area contributed by atoms with Gasteiger partial charge in [-0.15, -0.1) is 0 Å². The summed E-state index contributed by atoms with van der Waals surface area (Å²) in [4.78, 5) is 12.1. The zero-order valence-electron chi connectivity index (χ0n) is 11.3. The van der Waals surface area contributed by atoms with E-state index in [2.05, 4.69) is 5.32 Å². The average molecular weight is 325 g/mol. The summed E-state index contributed by atoms with van der Waals surface area (Å²) in [6, 6.07) is 11.6. The molecule has 0 aliphatic rings. The zero-order valence-corrected chi connectivity index (χ0v) is 12.8. The Bertz CT molecular complexity index is 645. The number of nitrogens with two attached hydrogens (primary N) is 1. The number of ether oxygens (including phenoxy) is 1. The fraction of sp³-hybridized carbons (Fsp3) is 0.133. The third kappa shape index (κ3) is 4.28. The molecule has 4 nitrogen and oxygen atoms in total. The predicted octanol–water partition coefficient (Wildman–Crippen LogP) is 3.98. The Hall–Kier alpha value is -1.91. The van der Waals surface area contributed by atoms with Gasteiger partial charge in [0.15, 0.2) is 6.10 Å². The van der Waals surface area contributed by atoms with Gasteiger partial charge in [-0.05, 0) is 49.4 Å². The van der Waals surface area contributed by atoms with E-state index in [0.717, 1.165) is 0 Å². The quantitative estimate of drug-likeness (QED) is 0.836. The molecule has 110 valence electrons. The molecule has 0 saturated heterocycles. The molecule has 2 aromatic carbocycles. The first-order chi connectivity index (χ1) is 9.95. The van der Waals surface area contributed by atoms with Crippen LogP contribution in [0, 0.1) is 0 Å². The molecule has 6 heteroatoms. The Morgan fingerprint density at radius 3 is 2.43 bits per heavy atom. The van der Waals surface area contributed by atoms with Crippen LogP contribution in [0.4, 0.5) is 11.4 Å². The van der Waals surface area contributed by atoms with E-state index in [9.17, 15) is 4.79 Å². The Morgan fingerprint density at radius 2 is 1.76 bits per heavy atom. The second-order valence-corrected chi connectivity index (χ2v) is 5.31. The highest BCUT2D eigenvalue weighted by molar-refractivity contribution is 6.31. The van der Waals surface area contributed by atoms with E-state index in [-0.39, 0.29) is 5.91 Å². The van der Waals surface area contributed by atoms with Crippen LogP contribution in [0.5, 0.6) is 5.75 Å². The van der Waals surface area contributed by atoms with Crippen molar-refractivity contribution in [1.29, 1.82) is 0 Å². The van der Waals surface area contributed by atoms with Crippen LogP contribution in [0.2, 0.25) is 10.0 Å². The molecule has 21 heavy (non-hydrogen) atoms. The Balaban J connectivity index is 2.02. The van der Waals surface area contributed by atoms with Gasteiger partial charge >= 0.3 is 0 Å². The van der Waals surface area contributed by atoms with Gasteiger partial charge in [0.1, 0.15) is 5.75 Å². The molecule has 0 spiro atoms. The van der Waals surface area contributed by atoms with Crippen LogP contribution in [-0.4, -0.2) is 12.0 Å². The summed E-state index contributed by atoms with van der Waals surface area (Å²) in [6.45, 7) is 1.64. The van der Waals surface area contributed by atoms with Crippen LogP contribution in [0.3, 0.4) is 0 Å². The lowest BCUT2D eigenvalue weighted by molar-refractivity contribution is -0.122. The molecule has 3 N–H and O–H groups in total. The fourth-order valence-corrected chi connectivity index (χ4v) is 1.94. The SMILES string of the molecule is CC(Oc1ccc(Cl)cc1)C(=O)Nc1cc(Cl)ccc1N. The number of halogens is 2. The molecule has 0 fully saturated rings. The fourth-order valence-electron chi connectivity index (χ4n) is 1.64. The highest BCUT2D eigenvalue weighted by Crippen LogP contribution is 2.23. The van der Waals surface area contributed by atoms with Gasteiger partial charge in [0.05, 0.1) is 11.4 Å². The standard InChI is InChI=1S/C15H14Cl2N2O2/c1-9(21-12-5-2-10(16)3-6-12)15(20)19-14-8-11(17)4-7-13(14)18/h2-9H,18H2,1H3,(H,19,20). The maximum atomic E-state index is 12.1. The van der Waals surface area contributed by atoms with E-state index < -0.39 is 6.10 Å². The Labute approximate surface area is 132 Å². The van der Waals surface area contributed by atoms with Crippen LogP contribution in [-0.2, 0) is 4.79 Å². The van der Waals surface area contributed by atoms with Gasteiger partial charge in [-0.1, -0.05) is 23.2 Å². The van der Waals surface area contributed by atoms with E-state index in [4.69, 9.17) is 33.7 Å². The first-order valence-corrected chi connectivity index (χ1v) is 6.99. The Morgan fingerprint density at radius 1 is 1.14 bits per heavy atom. The molecule has 2 aromatic rings. The third-order valence-corrected chi connectivity index (χ3v) is 3.26. The molecular weight excluding hydrogens is 311 g/mol. The van der Waals surface area contributed by atoms with Gasteiger partial charge in [-0.25, -0.2) is 0 Å². The van der Waals surface area contributed by atoms with E-state index in [1.807, 2.05) is 0 Å². The minimum absolute atomic E-state index is 0.320. The van der Waals surface area contributed by atoms with Gasteiger partial charge < -0.3 is 15.8 Å². The molecule has 0 saturated carbocycles. The normalized spacial score (nSPS) is 11.8. The first kappa shape index (κ1) is 15.5. The summed E-state index contributed by atoms with van der Waals surface area (Å²) < 4.78 is 5.53. The molecule has 0 aromatic heterocycles. The molecular formula is C15H14Cl2N2O2. The van der Waals surface area contributed by atoms with Gasteiger partial charge in [-0.2, -0.15) is 0 Å². The molecule has 0 radical (unpaired) electrons. The minimum Gasteiger partial charge on any atom is -0.481 e. The Kier molecular flexibility index (Phi) is 4.94. The van der Waals surface area contributed by atoms with Crippen LogP contribution in [0.15, 0.2) is 42.5 Å². The molecule has 0 bridgehead atoms. The summed E-state index contributed by atoms with van der Waals surface area (Å²) in [7, 11) is 0. The van der Waals surface area contributed by atoms with Crippen molar-refractivity contribution in [3.63, 3.8) is 0 Å². The van der Waals surface area contributed by atoms with E-state index in [0.29, 0.717) is 27.2 Å². The van der Waals surface area contributed by atoms with Gasteiger partial charge in [0.2, 0.25) is 0 Å². The topological polar surface area (TPSA) is 64.3 Å². The van der Waals surface area contributed by atoms with Crippen molar-refractivity contribution in [2.75, 3.05) is 11.1 Å². The highest BCUT2D eigenvalue weighted by atomic mass is 35.5. The van der Waals surface area contributed by atoms with Gasteiger partial charge in [-0.3, -0.25) is 4.79 Å².